The van der Waals surface area contributed by atoms with Crippen LogP contribution in [0.15, 0.2) is 12.1 Å². The Morgan fingerprint density at radius 1 is 1.19 bits per heavy atom. The lowest BCUT2D eigenvalue weighted by Crippen LogP contribution is -2.22. The highest BCUT2D eigenvalue weighted by atomic mass is 19.1. The van der Waals surface area contributed by atoms with Gasteiger partial charge in [-0.15, -0.1) is 0 Å². The minimum absolute atomic E-state index is 0.275. The average molecular weight is 225 g/mol. The van der Waals surface area contributed by atoms with Crippen molar-refractivity contribution in [2.24, 2.45) is 5.92 Å². The van der Waals surface area contributed by atoms with Crippen LogP contribution in [0.4, 0.5) is 14.5 Å². The number of hydrogen-bond donors (Lipinski definition) is 1. The number of hydrogen-bond acceptors (Lipinski definition) is 1. The summed E-state index contributed by atoms with van der Waals surface area (Å²) in [6.07, 6.45) is 3.36. The molecule has 1 aromatic carbocycles. The normalized spacial score (nSPS) is 24.8. The van der Waals surface area contributed by atoms with Gasteiger partial charge >= 0.3 is 0 Å². The molecule has 1 saturated carbocycles. The minimum atomic E-state index is -0.363. The Bertz CT molecular complexity index is 390. The highest BCUT2D eigenvalue weighted by Crippen LogP contribution is 2.29. The predicted molar refractivity (Wildman–Crippen MR) is 61.5 cm³/mol. The summed E-state index contributed by atoms with van der Waals surface area (Å²) >= 11 is 0. The summed E-state index contributed by atoms with van der Waals surface area (Å²) in [4.78, 5) is 0. The Morgan fingerprint density at radius 3 is 2.56 bits per heavy atom. The molecular weight excluding hydrogens is 208 g/mol. The van der Waals surface area contributed by atoms with E-state index in [-0.39, 0.29) is 17.7 Å². The summed E-state index contributed by atoms with van der Waals surface area (Å²) in [6.45, 7) is 3.72. The minimum Gasteiger partial charge on any atom is -0.380 e. The molecule has 0 bridgehead atoms. The van der Waals surface area contributed by atoms with Crippen molar-refractivity contribution < 1.29 is 8.78 Å². The molecule has 0 aliphatic heterocycles. The first kappa shape index (κ1) is 11.4. The van der Waals surface area contributed by atoms with Crippen LogP contribution in [0.1, 0.15) is 31.7 Å². The topological polar surface area (TPSA) is 12.0 Å². The molecular formula is C13H17F2N. The molecule has 2 atom stereocenters. The fraction of sp³-hybridized carbons (Fsp3) is 0.538. The smallest absolute Gasteiger partial charge is 0.146 e. The van der Waals surface area contributed by atoms with Crippen LogP contribution in [0.2, 0.25) is 0 Å². The van der Waals surface area contributed by atoms with Gasteiger partial charge in [0.05, 0.1) is 5.69 Å². The third-order valence-corrected chi connectivity index (χ3v) is 3.45. The van der Waals surface area contributed by atoms with E-state index < -0.39 is 0 Å². The number of anilines is 1. The molecule has 0 saturated heterocycles. The van der Waals surface area contributed by atoms with E-state index in [1.165, 1.54) is 12.1 Å². The summed E-state index contributed by atoms with van der Waals surface area (Å²) in [7, 11) is 0. The summed E-state index contributed by atoms with van der Waals surface area (Å²) in [6, 6.07) is 2.78. The van der Waals surface area contributed by atoms with Crippen LogP contribution in [0.25, 0.3) is 0 Å². The van der Waals surface area contributed by atoms with Crippen molar-refractivity contribution in [3.8, 4) is 0 Å². The van der Waals surface area contributed by atoms with Gasteiger partial charge in [-0.3, -0.25) is 0 Å². The maximum atomic E-state index is 13.6. The molecule has 0 amide bonds. The first-order valence-corrected chi connectivity index (χ1v) is 5.80. The number of rotatable bonds is 2. The van der Waals surface area contributed by atoms with Crippen molar-refractivity contribution in [1.29, 1.82) is 0 Å². The van der Waals surface area contributed by atoms with Crippen LogP contribution in [-0.2, 0) is 0 Å². The molecule has 0 aromatic heterocycles. The van der Waals surface area contributed by atoms with E-state index in [0.717, 1.165) is 19.3 Å². The van der Waals surface area contributed by atoms with E-state index in [1.54, 1.807) is 6.92 Å². The van der Waals surface area contributed by atoms with Gasteiger partial charge in [-0.2, -0.15) is 0 Å². The molecule has 2 unspecified atom stereocenters. The Labute approximate surface area is 94.9 Å². The summed E-state index contributed by atoms with van der Waals surface area (Å²) in [5.74, 6) is -0.184. The van der Waals surface area contributed by atoms with Gasteiger partial charge in [-0.25, -0.2) is 8.78 Å². The summed E-state index contributed by atoms with van der Waals surface area (Å²) < 4.78 is 26.9. The van der Waals surface area contributed by atoms with E-state index in [0.29, 0.717) is 17.2 Å². The van der Waals surface area contributed by atoms with E-state index in [4.69, 9.17) is 0 Å². The van der Waals surface area contributed by atoms with Crippen molar-refractivity contribution in [3.05, 3.63) is 29.3 Å². The van der Waals surface area contributed by atoms with Crippen molar-refractivity contribution in [1.82, 2.24) is 0 Å². The quantitative estimate of drug-likeness (QED) is 0.805. The van der Waals surface area contributed by atoms with Crippen LogP contribution < -0.4 is 5.32 Å². The van der Waals surface area contributed by atoms with Gasteiger partial charge in [-0.1, -0.05) is 13.3 Å². The standard InChI is InChI=1S/C13H17F2N/c1-8-4-3-5-12(8)16-13-7-10(14)9(2)6-11(13)15/h6-8,12,16H,3-5H2,1-2H3. The lowest BCUT2D eigenvalue weighted by atomic mass is 10.1. The molecule has 0 radical (unpaired) electrons. The highest BCUT2D eigenvalue weighted by Gasteiger charge is 2.24. The van der Waals surface area contributed by atoms with E-state index in [1.807, 2.05) is 0 Å². The molecule has 1 N–H and O–H groups in total. The van der Waals surface area contributed by atoms with E-state index >= 15 is 0 Å². The summed E-state index contributed by atoms with van der Waals surface area (Å²) in [5, 5.41) is 3.11. The zero-order valence-electron chi connectivity index (χ0n) is 9.69. The molecule has 0 spiro atoms. The van der Waals surface area contributed by atoms with Gasteiger partial charge in [0.1, 0.15) is 11.6 Å². The lowest BCUT2D eigenvalue weighted by Gasteiger charge is -2.19. The SMILES string of the molecule is Cc1cc(F)c(NC2CCCC2C)cc1F. The first-order chi connectivity index (χ1) is 7.58. The highest BCUT2D eigenvalue weighted by molar-refractivity contribution is 5.47. The van der Waals surface area contributed by atoms with Crippen molar-refractivity contribution >= 4 is 5.69 Å². The van der Waals surface area contributed by atoms with Gasteiger partial charge in [-0.05, 0) is 37.3 Å². The fourth-order valence-electron chi connectivity index (χ4n) is 2.32. The maximum absolute atomic E-state index is 13.6. The van der Waals surface area contributed by atoms with Crippen molar-refractivity contribution in [2.75, 3.05) is 5.32 Å². The van der Waals surface area contributed by atoms with Crippen molar-refractivity contribution in [2.45, 2.75) is 39.2 Å². The third kappa shape index (κ3) is 2.18. The number of aryl methyl sites for hydroxylation is 1. The Hall–Kier alpha value is -1.12. The van der Waals surface area contributed by atoms with Crippen molar-refractivity contribution in [3.63, 3.8) is 0 Å². The van der Waals surface area contributed by atoms with Gasteiger partial charge < -0.3 is 5.32 Å². The van der Waals surface area contributed by atoms with Crippen LogP contribution in [0.3, 0.4) is 0 Å². The molecule has 1 nitrogen and oxygen atoms in total. The predicted octanol–water partition coefficient (Wildman–Crippen LogP) is 3.87. The van der Waals surface area contributed by atoms with E-state index in [9.17, 15) is 8.78 Å². The molecule has 1 aromatic rings. The Morgan fingerprint density at radius 2 is 1.94 bits per heavy atom. The van der Waals surface area contributed by atoms with Gasteiger partial charge in [0.15, 0.2) is 0 Å². The van der Waals surface area contributed by atoms with Crippen LogP contribution in [0, 0.1) is 24.5 Å². The number of benzene rings is 1. The van der Waals surface area contributed by atoms with Gasteiger partial charge in [0.2, 0.25) is 0 Å². The number of nitrogens with one attached hydrogen (secondary N) is 1. The van der Waals surface area contributed by atoms with Gasteiger partial charge in [0.25, 0.3) is 0 Å². The molecule has 0 heterocycles. The zero-order chi connectivity index (χ0) is 11.7. The third-order valence-electron chi connectivity index (χ3n) is 3.45. The van der Waals surface area contributed by atoms with Crippen LogP contribution in [0.5, 0.6) is 0 Å². The number of halogens is 2. The first-order valence-electron chi connectivity index (χ1n) is 5.80. The maximum Gasteiger partial charge on any atom is 0.146 e. The molecule has 1 aliphatic carbocycles. The average Bonchev–Trinajstić information content (AvgIpc) is 2.61. The fourth-order valence-corrected chi connectivity index (χ4v) is 2.32. The molecule has 1 aliphatic rings. The largest absolute Gasteiger partial charge is 0.380 e. The molecule has 3 heteroatoms. The second kappa shape index (κ2) is 4.40. The van der Waals surface area contributed by atoms with Crippen LogP contribution >= 0.6 is 0 Å². The molecule has 1 fully saturated rings. The summed E-state index contributed by atoms with van der Waals surface area (Å²) in [5.41, 5.74) is 0.643. The monoisotopic (exact) mass is 225 g/mol. The second-order valence-corrected chi connectivity index (χ2v) is 4.74. The lowest BCUT2D eigenvalue weighted by molar-refractivity contribution is 0.546. The van der Waals surface area contributed by atoms with Gasteiger partial charge in [0, 0.05) is 12.1 Å². The second-order valence-electron chi connectivity index (χ2n) is 4.74. The van der Waals surface area contributed by atoms with Crippen LogP contribution in [-0.4, -0.2) is 6.04 Å². The van der Waals surface area contributed by atoms with E-state index in [2.05, 4.69) is 12.2 Å². The molecule has 2 rings (SSSR count). The molecule has 88 valence electrons. The Balaban J connectivity index is 2.18. The molecule has 16 heavy (non-hydrogen) atoms. The Kier molecular flexibility index (Phi) is 3.13. The zero-order valence-corrected chi connectivity index (χ0v) is 9.69.